The lowest BCUT2D eigenvalue weighted by molar-refractivity contribution is -0.121. The molecule has 0 bridgehead atoms. The summed E-state index contributed by atoms with van der Waals surface area (Å²) in [6.07, 6.45) is 4.15. The predicted molar refractivity (Wildman–Crippen MR) is 71.9 cm³/mol. The van der Waals surface area contributed by atoms with Crippen molar-refractivity contribution < 1.29 is 9.59 Å². The van der Waals surface area contributed by atoms with Crippen molar-refractivity contribution in [2.24, 2.45) is 11.8 Å². The number of nitrogens with zero attached hydrogens (tertiary/aromatic N) is 1. The fraction of sp³-hybridized carbons (Fsp3) is 0.615. The number of ketones is 1. The number of aromatic nitrogens is 1. The van der Waals surface area contributed by atoms with E-state index in [0.29, 0.717) is 10.8 Å². The number of carbonyl (C=O) groups excluding carboxylic acids is 2. The van der Waals surface area contributed by atoms with Crippen LogP contribution in [0.2, 0.25) is 0 Å². The van der Waals surface area contributed by atoms with Crippen LogP contribution in [-0.2, 0) is 4.79 Å². The third-order valence-corrected chi connectivity index (χ3v) is 4.24. The van der Waals surface area contributed by atoms with Gasteiger partial charge < -0.3 is 5.32 Å². The van der Waals surface area contributed by atoms with E-state index in [1.807, 2.05) is 0 Å². The summed E-state index contributed by atoms with van der Waals surface area (Å²) in [6.45, 7) is 3.71. The van der Waals surface area contributed by atoms with E-state index >= 15 is 0 Å². The van der Waals surface area contributed by atoms with Crippen molar-refractivity contribution in [1.82, 2.24) is 4.98 Å². The van der Waals surface area contributed by atoms with Gasteiger partial charge in [0.2, 0.25) is 5.91 Å². The number of hydrogen-bond acceptors (Lipinski definition) is 4. The van der Waals surface area contributed by atoms with Gasteiger partial charge in [0.25, 0.3) is 0 Å². The molecule has 0 spiro atoms. The Morgan fingerprint density at radius 2 is 2.00 bits per heavy atom. The Morgan fingerprint density at radius 3 is 2.56 bits per heavy atom. The Balaban J connectivity index is 1.92. The maximum Gasteiger partial charge on any atom is 0.229 e. The summed E-state index contributed by atoms with van der Waals surface area (Å²) < 4.78 is 0. The Hall–Kier alpha value is -1.23. The average molecular weight is 266 g/mol. The maximum atomic E-state index is 12.0. The number of thiazole rings is 1. The van der Waals surface area contributed by atoms with Crippen LogP contribution in [0.4, 0.5) is 5.13 Å². The Labute approximate surface area is 111 Å². The molecule has 1 aliphatic rings. The quantitative estimate of drug-likeness (QED) is 0.855. The van der Waals surface area contributed by atoms with Crippen molar-refractivity contribution in [3.8, 4) is 0 Å². The molecule has 0 aromatic carbocycles. The molecule has 1 aromatic heterocycles. The lowest BCUT2D eigenvalue weighted by atomic mass is 9.82. The molecule has 1 aliphatic carbocycles. The first-order valence-electron chi connectivity index (χ1n) is 6.33. The summed E-state index contributed by atoms with van der Waals surface area (Å²) in [5, 5.41) is 5.03. The highest BCUT2D eigenvalue weighted by atomic mass is 32.1. The zero-order valence-electron chi connectivity index (χ0n) is 10.7. The number of Topliss-reactive ketones (excluding diaryl/α,β-unsaturated/α-hetero) is 1. The van der Waals surface area contributed by atoms with Gasteiger partial charge in [-0.1, -0.05) is 6.92 Å². The normalized spacial score (nSPS) is 23.7. The van der Waals surface area contributed by atoms with Crippen LogP contribution in [0.3, 0.4) is 0 Å². The van der Waals surface area contributed by atoms with Gasteiger partial charge >= 0.3 is 0 Å². The summed E-state index contributed by atoms with van der Waals surface area (Å²) in [6, 6.07) is 0. The van der Waals surface area contributed by atoms with E-state index in [9.17, 15) is 9.59 Å². The second-order valence-electron chi connectivity index (χ2n) is 5.04. The molecular weight excluding hydrogens is 248 g/mol. The van der Waals surface area contributed by atoms with Crippen LogP contribution in [0.5, 0.6) is 0 Å². The minimum absolute atomic E-state index is 0.0475. The standard InChI is InChI=1S/C13H18N2O2S/c1-8-3-5-10(6-4-8)12(17)15-13-14-11(7-18-13)9(2)16/h7-8,10H,3-6H2,1-2H3,(H,14,15,17). The van der Waals surface area contributed by atoms with Crippen LogP contribution in [0.15, 0.2) is 5.38 Å². The molecule has 98 valence electrons. The molecule has 0 aliphatic heterocycles. The Morgan fingerprint density at radius 1 is 1.33 bits per heavy atom. The zero-order chi connectivity index (χ0) is 13.1. The van der Waals surface area contributed by atoms with E-state index in [1.165, 1.54) is 18.3 Å². The molecule has 0 atom stereocenters. The van der Waals surface area contributed by atoms with Crippen LogP contribution < -0.4 is 5.32 Å². The third-order valence-electron chi connectivity index (χ3n) is 3.48. The van der Waals surface area contributed by atoms with Crippen LogP contribution in [0.1, 0.15) is 50.0 Å². The fourth-order valence-corrected chi connectivity index (χ4v) is 2.98. The van der Waals surface area contributed by atoms with E-state index in [0.717, 1.165) is 31.6 Å². The summed E-state index contributed by atoms with van der Waals surface area (Å²) in [5.74, 6) is 0.814. The van der Waals surface area contributed by atoms with Gasteiger partial charge in [-0.2, -0.15) is 0 Å². The first-order chi connectivity index (χ1) is 8.56. The summed E-state index contributed by atoms with van der Waals surface area (Å²) in [7, 11) is 0. The maximum absolute atomic E-state index is 12.0. The second kappa shape index (κ2) is 5.61. The number of rotatable bonds is 3. The minimum Gasteiger partial charge on any atom is -0.302 e. The van der Waals surface area contributed by atoms with E-state index in [-0.39, 0.29) is 17.6 Å². The average Bonchev–Trinajstić information content (AvgIpc) is 2.78. The molecule has 4 nitrogen and oxygen atoms in total. The highest BCUT2D eigenvalue weighted by Gasteiger charge is 2.24. The smallest absolute Gasteiger partial charge is 0.229 e. The van der Waals surface area contributed by atoms with Crippen LogP contribution in [0.25, 0.3) is 0 Å². The fourth-order valence-electron chi connectivity index (χ4n) is 2.22. The van der Waals surface area contributed by atoms with Crippen molar-refractivity contribution in [2.75, 3.05) is 5.32 Å². The van der Waals surface area contributed by atoms with E-state index in [2.05, 4.69) is 17.2 Å². The Kier molecular flexibility index (Phi) is 4.11. The summed E-state index contributed by atoms with van der Waals surface area (Å²) in [5.41, 5.74) is 0.424. The van der Waals surface area contributed by atoms with Gasteiger partial charge in [0, 0.05) is 18.2 Å². The van der Waals surface area contributed by atoms with Gasteiger partial charge in [-0.25, -0.2) is 4.98 Å². The van der Waals surface area contributed by atoms with Crippen LogP contribution >= 0.6 is 11.3 Å². The van der Waals surface area contributed by atoms with Gasteiger partial charge in [-0.15, -0.1) is 11.3 Å². The minimum atomic E-state index is -0.0711. The van der Waals surface area contributed by atoms with Gasteiger partial charge in [0.05, 0.1) is 0 Å². The molecule has 18 heavy (non-hydrogen) atoms. The van der Waals surface area contributed by atoms with Crippen LogP contribution in [0, 0.1) is 11.8 Å². The molecule has 2 rings (SSSR count). The molecule has 1 N–H and O–H groups in total. The monoisotopic (exact) mass is 266 g/mol. The summed E-state index contributed by atoms with van der Waals surface area (Å²) in [4.78, 5) is 27.2. The van der Waals surface area contributed by atoms with E-state index in [4.69, 9.17) is 0 Å². The lowest BCUT2D eigenvalue weighted by Crippen LogP contribution is -2.26. The Bertz CT molecular complexity index is 448. The molecule has 5 heteroatoms. The first-order valence-corrected chi connectivity index (χ1v) is 7.21. The number of anilines is 1. The number of carbonyl (C=O) groups is 2. The first kappa shape index (κ1) is 13.2. The molecule has 0 unspecified atom stereocenters. The lowest BCUT2D eigenvalue weighted by Gasteiger charge is -2.24. The largest absolute Gasteiger partial charge is 0.302 e. The van der Waals surface area contributed by atoms with Crippen molar-refractivity contribution in [1.29, 1.82) is 0 Å². The topological polar surface area (TPSA) is 59.1 Å². The SMILES string of the molecule is CC(=O)c1csc(NC(=O)C2CCC(C)CC2)n1. The summed E-state index contributed by atoms with van der Waals surface area (Å²) >= 11 is 1.31. The predicted octanol–water partition coefficient (Wildman–Crippen LogP) is 3.11. The molecule has 0 saturated heterocycles. The molecule has 1 saturated carbocycles. The number of amides is 1. The van der Waals surface area contributed by atoms with Gasteiger partial charge in [-0.3, -0.25) is 9.59 Å². The third kappa shape index (κ3) is 3.16. The molecule has 0 radical (unpaired) electrons. The van der Waals surface area contributed by atoms with E-state index in [1.54, 1.807) is 5.38 Å². The van der Waals surface area contributed by atoms with Crippen molar-refractivity contribution in [3.05, 3.63) is 11.1 Å². The zero-order valence-corrected chi connectivity index (χ0v) is 11.5. The number of hydrogen-bond donors (Lipinski definition) is 1. The second-order valence-corrected chi connectivity index (χ2v) is 5.90. The molecule has 1 heterocycles. The van der Waals surface area contributed by atoms with Gasteiger partial charge in [0.1, 0.15) is 5.69 Å². The molecule has 1 fully saturated rings. The van der Waals surface area contributed by atoms with Crippen molar-refractivity contribution >= 4 is 28.2 Å². The molecule has 1 aromatic rings. The van der Waals surface area contributed by atoms with Gasteiger partial charge in [0.15, 0.2) is 10.9 Å². The van der Waals surface area contributed by atoms with Gasteiger partial charge in [-0.05, 0) is 31.6 Å². The van der Waals surface area contributed by atoms with Crippen molar-refractivity contribution in [3.63, 3.8) is 0 Å². The molecular formula is C13H18N2O2S. The van der Waals surface area contributed by atoms with Crippen LogP contribution in [-0.4, -0.2) is 16.7 Å². The molecule has 1 amide bonds. The number of nitrogens with one attached hydrogen (secondary N) is 1. The highest BCUT2D eigenvalue weighted by molar-refractivity contribution is 7.14. The van der Waals surface area contributed by atoms with E-state index < -0.39 is 0 Å². The highest BCUT2D eigenvalue weighted by Crippen LogP contribution is 2.29. The van der Waals surface area contributed by atoms with Crippen molar-refractivity contribution in [2.45, 2.75) is 39.5 Å².